The molecule has 2 nitrogen and oxygen atoms in total. The van der Waals surface area contributed by atoms with E-state index in [1.807, 2.05) is 6.92 Å². The maximum absolute atomic E-state index is 11.2. The Bertz CT molecular complexity index is 437. The molecule has 20 heavy (non-hydrogen) atoms. The van der Waals surface area contributed by atoms with Crippen LogP contribution in [0.5, 0.6) is 0 Å². The van der Waals surface area contributed by atoms with Crippen LogP contribution in [-0.4, -0.2) is 11.7 Å². The third-order valence-electron chi connectivity index (χ3n) is 5.64. The van der Waals surface area contributed by atoms with Crippen molar-refractivity contribution in [2.24, 2.45) is 17.1 Å². The standard InChI is InChI=1S/C18H29NO/c1-4-14-6-8-16(9-7-14)17(3,20)18(13-19)11-10-15(5-2)12-18/h6-9,15,20H,4-5,10-13,19H2,1-3H3. The van der Waals surface area contributed by atoms with Gasteiger partial charge in [0.2, 0.25) is 0 Å². The fraction of sp³-hybridized carbons (Fsp3) is 0.667. The Morgan fingerprint density at radius 3 is 2.40 bits per heavy atom. The van der Waals surface area contributed by atoms with Gasteiger partial charge in [-0.1, -0.05) is 44.5 Å². The van der Waals surface area contributed by atoms with E-state index < -0.39 is 5.60 Å². The van der Waals surface area contributed by atoms with Crippen LogP contribution in [0.3, 0.4) is 0 Å². The summed E-state index contributed by atoms with van der Waals surface area (Å²) < 4.78 is 0. The molecule has 3 unspecified atom stereocenters. The number of aliphatic hydroxyl groups is 1. The predicted molar refractivity (Wildman–Crippen MR) is 84.5 cm³/mol. The molecular weight excluding hydrogens is 246 g/mol. The van der Waals surface area contributed by atoms with E-state index in [4.69, 9.17) is 5.73 Å². The highest BCUT2D eigenvalue weighted by Crippen LogP contribution is 2.53. The zero-order valence-corrected chi connectivity index (χ0v) is 13.2. The summed E-state index contributed by atoms with van der Waals surface area (Å²) in [5, 5.41) is 11.2. The van der Waals surface area contributed by atoms with Gasteiger partial charge in [-0.3, -0.25) is 0 Å². The van der Waals surface area contributed by atoms with E-state index in [2.05, 4.69) is 38.1 Å². The lowest BCUT2D eigenvalue weighted by molar-refractivity contribution is -0.0715. The number of benzene rings is 1. The summed E-state index contributed by atoms with van der Waals surface area (Å²) >= 11 is 0. The molecule has 0 aliphatic heterocycles. The highest BCUT2D eigenvalue weighted by molar-refractivity contribution is 5.29. The molecule has 0 radical (unpaired) electrons. The molecule has 0 aromatic heterocycles. The number of aryl methyl sites for hydroxylation is 1. The van der Waals surface area contributed by atoms with Crippen molar-refractivity contribution >= 4 is 0 Å². The van der Waals surface area contributed by atoms with Crippen molar-refractivity contribution in [1.82, 2.24) is 0 Å². The summed E-state index contributed by atoms with van der Waals surface area (Å²) in [6, 6.07) is 8.41. The van der Waals surface area contributed by atoms with Crippen molar-refractivity contribution in [3.8, 4) is 0 Å². The first kappa shape index (κ1) is 15.5. The van der Waals surface area contributed by atoms with Gasteiger partial charge >= 0.3 is 0 Å². The van der Waals surface area contributed by atoms with Gasteiger partial charge in [0.05, 0.1) is 5.60 Å². The quantitative estimate of drug-likeness (QED) is 0.862. The van der Waals surface area contributed by atoms with E-state index in [-0.39, 0.29) is 5.41 Å². The first-order valence-electron chi connectivity index (χ1n) is 8.01. The molecule has 0 saturated heterocycles. The second kappa shape index (κ2) is 5.87. The summed E-state index contributed by atoms with van der Waals surface area (Å²) in [7, 11) is 0. The average Bonchev–Trinajstić information content (AvgIpc) is 2.92. The summed E-state index contributed by atoms with van der Waals surface area (Å²) in [4.78, 5) is 0. The molecular formula is C18H29NO. The van der Waals surface area contributed by atoms with E-state index in [1.54, 1.807) is 0 Å². The molecule has 0 amide bonds. The van der Waals surface area contributed by atoms with E-state index in [1.165, 1.54) is 18.4 Å². The molecule has 1 aliphatic rings. The number of hydrogen-bond donors (Lipinski definition) is 2. The lowest BCUT2D eigenvalue weighted by atomic mass is 9.67. The van der Waals surface area contributed by atoms with Crippen LogP contribution in [0.25, 0.3) is 0 Å². The fourth-order valence-corrected chi connectivity index (χ4v) is 3.78. The second-order valence-corrected chi connectivity index (χ2v) is 6.62. The predicted octanol–water partition coefficient (Wildman–Crippen LogP) is 3.61. The minimum atomic E-state index is -0.835. The van der Waals surface area contributed by atoms with Crippen molar-refractivity contribution in [2.75, 3.05) is 6.54 Å². The first-order chi connectivity index (χ1) is 9.49. The Hall–Kier alpha value is -0.860. The lowest BCUT2D eigenvalue weighted by Gasteiger charge is -2.43. The van der Waals surface area contributed by atoms with Gasteiger partial charge < -0.3 is 10.8 Å². The smallest absolute Gasteiger partial charge is 0.0936 e. The zero-order chi connectivity index (χ0) is 14.8. The monoisotopic (exact) mass is 275 g/mol. The van der Waals surface area contributed by atoms with Gasteiger partial charge in [-0.25, -0.2) is 0 Å². The van der Waals surface area contributed by atoms with Gasteiger partial charge in [-0.05, 0) is 49.7 Å². The van der Waals surface area contributed by atoms with Gasteiger partial charge in [-0.15, -0.1) is 0 Å². The lowest BCUT2D eigenvalue weighted by Crippen LogP contribution is -2.47. The molecule has 1 aromatic carbocycles. The third kappa shape index (κ3) is 2.51. The molecule has 2 heteroatoms. The normalized spacial score (nSPS) is 29.4. The van der Waals surface area contributed by atoms with Gasteiger partial charge in [0.15, 0.2) is 0 Å². The molecule has 0 bridgehead atoms. The second-order valence-electron chi connectivity index (χ2n) is 6.62. The van der Waals surface area contributed by atoms with Crippen LogP contribution < -0.4 is 5.73 Å². The summed E-state index contributed by atoms with van der Waals surface area (Å²) in [6.07, 6.45) is 5.49. The van der Waals surface area contributed by atoms with Gasteiger partial charge in [0, 0.05) is 12.0 Å². The van der Waals surface area contributed by atoms with Crippen LogP contribution in [0.1, 0.15) is 57.6 Å². The van der Waals surface area contributed by atoms with Crippen molar-refractivity contribution in [3.63, 3.8) is 0 Å². The summed E-state index contributed by atoms with van der Waals surface area (Å²) in [5.74, 6) is 0.708. The number of nitrogens with two attached hydrogens (primary N) is 1. The maximum atomic E-state index is 11.2. The molecule has 1 fully saturated rings. The van der Waals surface area contributed by atoms with E-state index in [0.717, 1.165) is 24.8 Å². The van der Waals surface area contributed by atoms with Gasteiger partial charge in [-0.2, -0.15) is 0 Å². The van der Waals surface area contributed by atoms with Gasteiger partial charge in [0.25, 0.3) is 0 Å². The van der Waals surface area contributed by atoms with E-state index in [9.17, 15) is 5.11 Å². The van der Waals surface area contributed by atoms with Crippen LogP contribution in [0.2, 0.25) is 0 Å². The Kier molecular flexibility index (Phi) is 4.55. The maximum Gasteiger partial charge on any atom is 0.0936 e. The summed E-state index contributed by atoms with van der Waals surface area (Å²) in [6.45, 7) is 6.91. The van der Waals surface area contributed by atoms with Crippen molar-refractivity contribution in [1.29, 1.82) is 0 Å². The highest BCUT2D eigenvalue weighted by Gasteiger charge is 2.50. The highest BCUT2D eigenvalue weighted by atomic mass is 16.3. The molecule has 112 valence electrons. The molecule has 3 N–H and O–H groups in total. The van der Waals surface area contributed by atoms with Crippen molar-refractivity contribution in [3.05, 3.63) is 35.4 Å². The topological polar surface area (TPSA) is 46.2 Å². The molecule has 0 heterocycles. The molecule has 0 spiro atoms. The Balaban J connectivity index is 2.31. The molecule has 1 saturated carbocycles. The third-order valence-corrected chi connectivity index (χ3v) is 5.64. The molecule has 1 aliphatic carbocycles. The largest absolute Gasteiger partial charge is 0.385 e. The minimum absolute atomic E-state index is 0.165. The van der Waals surface area contributed by atoms with Crippen molar-refractivity contribution < 1.29 is 5.11 Å². The van der Waals surface area contributed by atoms with Crippen LogP contribution in [0.15, 0.2) is 24.3 Å². The molecule has 1 aromatic rings. The number of rotatable bonds is 5. The first-order valence-corrected chi connectivity index (χ1v) is 8.01. The van der Waals surface area contributed by atoms with E-state index in [0.29, 0.717) is 12.5 Å². The number of hydrogen-bond acceptors (Lipinski definition) is 2. The Morgan fingerprint density at radius 1 is 1.30 bits per heavy atom. The van der Waals surface area contributed by atoms with Crippen LogP contribution in [0, 0.1) is 11.3 Å². The van der Waals surface area contributed by atoms with Gasteiger partial charge in [0.1, 0.15) is 0 Å². The minimum Gasteiger partial charge on any atom is -0.385 e. The SMILES string of the molecule is CCc1ccc(C(C)(O)C2(CN)CCC(CC)C2)cc1. The fourth-order valence-electron chi connectivity index (χ4n) is 3.78. The summed E-state index contributed by atoms with van der Waals surface area (Å²) in [5.41, 5.74) is 7.43. The average molecular weight is 275 g/mol. The Labute approximate surface area is 123 Å². The van der Waals surface area contributed by atoms with Crippen LogP contribution >= 0.6 is 0 Å². The van der Waals surface area contributed by atoms with Crippen LogP contribution in [-0.2, 0) is 12.0 Å². The molecule has 2 rings (SSSR count). The van der Waals surface area contributed by atoms with Crippen LogP contribution in [0.4, 0.5) is 0 Å². The van der Waals surface area contributed by atoms with Crippen molar-refractivity contribution in [2.45, 2.75) is 58.5 Å². The van der Waals surface area contributed by atoms with E-state index >= 15 is 0 Å². The Morgan fingerprint density at radius 2 is 1.95 bits per heavy atom. The molecule has 3 atom stereocenters. The zero-order valence-electron chi connectivity index (χ0n) is 13.2.